The minimum Gasteiger partial charge on any atom is -0.403 e. The summed E-state index contributed by atoms with van der Waals surface area (Å²) in [5.74, 6) is -2.18. The molecule has 0 aliphatic carbocycles. The summed E-state index contributed by atoms with van der Waals surface area (Å²) in [5.41, 5.74) is 0.0105. The van der Waals surface area contributed by atoms with Crippen molar-refractivity contribution in [1.82, 2.24) is 5.32 Å². The summed E-state index contributed by atoms with van der Waals surface area (Å²) in [6.07, 6.45) is -4.96. The predicted molar refractivity (Wildman–Crippen MR) is 51.2 cm³/mol. The molecule has 1 aromatic rings. The average molecular weight is 252 g/mol. The molecule has 1 aromatic carbocycles. The van der Waals surface area contributed by atoms with Gasteiger partial charge in [0.05, 0.1) is 0 Å². The standard InChI is InChI=1S/C9H8F4N2O2/c1-14-8(16)15-5-2-3-7(6(10)4-5)17-9(11,12)13/h2-4H,1H3,(H2,14,15,16). The third-order valence-electron chi connectivity index (χ3n) is 1.64. The molecule has 17 heavy (non-hydrogen) atoms. The van der Waals surface area contributed by atoms with Crippen LogP contribution >= 0.6 is 0 Å². The van der Waals surface area contributed by atoms with Gasteiger partial charge in [-0.3, -0.25) is 0 Å². The normalized spacial score (nSPS) is 10.9. The van der Waals surface area contributed by atoms with E-state index >= 15 is 0 Å². The summed E-state index contributed by atoms with van der Waals surface area (Å²) >= 11 is 0. The highest BCUT2D eigenvalue weighted by atomic mass is 19.4. The van der Waals surface area contributed by atoms with Gasteiger partial charge < -0.3 is 15.4 Å². The topological polar surface area (TPSA) is 50.4 Å². The molecule has 2 N–H and O–H groups in total. The van der Waals surface area contributed by atoms with E-state index in [1.54, 1.807) is 0 Å². The maximum absolute atomic E-state index is 13.1. The molecule has 0 aromatic heterocycles. The third-order valence-corrected chi connectivity index (χ3v) is 1.64. The van der Waals surface area contributed by atoms with Crippen LogP contribution in [0.1, 0.15) is 0 Å². The van der Waals surface area contributed by atoms with Crippen LogP contribution in [0.2, 0.25) is 0 Å². The largest absolute Gasteiger partial charge is 0.573 e. The van der Waals surface area contributed by atoms with E-state index in [0.29, 0.717) is 0 Å². The number of carbonyl (C=O) groups excluding carboxylic acids is 1. The smallest absolute Gasteiger partial charge is 0.403 e. The van der Waals surface area contributed by atoms with Gasteiger partial charge in [0.2, 0.25) is 0 Å². The number of hydrogen-bond donors (Lipinski definition) is 2. The molecule has 0 saturated carbocycles. The van der Waals surface area contributed by atoms with Crippen LogP contribution in [0.15, 0.2) is 18.2 Å². The summed E-state index contributed by atoms with van der Waals surface area (Å²) in [6, 6.07) is 1.96. The number of benzene rings is 1. The molecule has 94 valence electrons. The Morgan fingerprint density at radius 2 is 2.00 bits per heavy atom. The first-order valence-corrected chi connectivity index (χ1v) is 4.36. The van der Waals surface area contributed by atoms with E-state index in [1.165, 1.54) is 7.05 Å². The lowest BCUT2D eigenvalue weighted by atomic mass is 10.3. The summed E-state index contributed by atoms with van der Waals surface area (Å²) < 4.78 is 52.0. The lowest BCUT2D eigenvalue weighted by Crippen LogP contribution is -2.24. The minimum atomic E-state index is -4.96. The average Bonchev–Trinajstić information content (AvgIpc) is 2.20. The minimum absolute atomic E-state index is 0.0105. The maximum Gasteiger partial charge on any atom is 0.573 e. The molecule has 0 unspecified atom stereocenters. The number of nitrogens with one attached hydrogen (secondary N) is 2. The summed E-state index contributed by atoms with van der Waals surface area (Å²) in [7, 11) is 1.34. The van der Waals surface area contributed by atoms with Gasteiger partial charge in [0.15, 0.2) is 11.6 Å². The van der Waals surface area contributed by atoms with Crippen molar-refractivity contribution in [2.45, 2.75) is 6.36 Å². The molecule has 2 amide bonds. The highest BCUT2D eigenvalue weighted by Crippen LogP contribution is 2.27. The second-order valence-electron chi connectivity index (χ2n) is 2.90. The number of anilines is 1. The fourth-order valence-corrected chi connectivity index (χ4v) is 0.980. The molecule has 1 rings (SSSR count). The van der Waals surface area contributed by atoms with E-state index in [1.807, 2.05) is 0 Å². The number of carbonyl (C=O) groups is 1. The summed E-state index contributed by atoms with van der Waals surface area (Å²) in [4.78, 5) is 10.9. The van der Waals surface area contributed by atoms with Crippen LogP contribution in [0.25, 0.3) is 0 Å². The highest BCUT2D eigenvalue weighted by Gasteiger charge is 2.32. The van der Waals surface area contributed by atoms with Gasteiger partial charge >= 0.3 is 12.4 Å². The predicted octanol–water partition coefficient (Wildman–Crippen LogP) is 2.48. The van der Waals surface area contributed by atoms with Gasteiger partial charge in [-0.25, -0.2) is 9.18 Å². The Morgan fingerprint density at radius 3 is 2.47 bits per heavy atom. The molecule has 0 radical (unpaired) electrons. The van der Waals surface area contributed by atoms with Gasteiger partial charge in [-0.05, 0) is 12.1 Å². The SMILES string of the molecule is CNC(=O)Nc1ccc(OC(F)(F)F)c(F)c1. The fraction of sp³-hybridized carbons (Fsp3) is 0.222. The van der Waals surface area contributed by atoms with Crippen molar-refractivity contribution in [3.05, 3.63) is 24.0 Å². The number of hydrogen-bond acceptors (Lipinski definition) is 2. The van der Waals surface area contributed by atoms with Crippen molar-refractivity contribution < 1.29 is 27.1 Å². The van der Waals surface area contributed by atoms with Gasteiger partial charge in [-0.15, -0.1) is 13.2 Å². The summed E-state index contributed by atoms with van der Waals surface area (Å²) in [6.45, 7) is 0. The van der Waals surface area contributed by atoms with Crippen LogP contribution in [0.3, 0.4) is 0 Å². The Morgan fingerprint density at radius 1 is 1.35 bits per heavy atom. The Labute approximate surface area is 93.6 Å². The molecular formula is C9H8F4N2O2. The molecule has 0 bridgehead atoms. The molecule has 8 heteroatoms. The van der Waals surface area contributed by atoms with Crippen LogP contribution in [-0.4, -0.2) is 19.4 Å². The highest BCUT2D eigenvalue weighted by molar-refractivity contribution is 5.89. The Hall–Kier alpha value is -1.99. The molecule has 0 aliphatic heterocycles. The zero-order chi connectivity index (χ0) is 13.1. The quantitative estimate of drug-likeness (QED) is 0.794. The first kappa shape index (κ1) is 13.1. The lowest BCUT2D eigenvalue weighted by molar-refractivity contribution is -0.275. The van der Waals surface area contributed by atoms with Gasteiger partial charge in [0.1, 0.15) is 0 Å². The van der Waals surface area contributed by atoms with Crippen molar-refractivity contribution in [1.29, 1.82) is 0 Å². The third kappa shape index (κ3) is 4.17. The number of rotatable bonds is 2. The van der Waals surface area contributed by atoms with E-state index in [-0.39, 0.29) is 5.69 Å². The summed E-state index contributed by atoms with van der Waals surface area (Å²) in [5, 5.41) is 4.40. The number of amides is 2. The molecule has 0 spiro atoms. The lowest BCUT2D eigenvalue weighted by Gasteiger charge is -2.10. The van der Waals surface area contributed by atoms with Crippen LogP contribution in [0, 0.1) is 5.82 Å². The molecule has 0 fully saturated rings. The van der Waals surface area contributed by atoms with Crippen molar-refractivity contribution in [3.63, 3.8) is 0 Å². The first-order chi connectivity index (χ1) is 7.81. The number of alkyl halides is 3. The zero-order valence-corrected chi connectivity index (χ0v) is 8.56. The van der Waals surface area contributed by atoms with E-state index in [4.69, 9.17) is 0 Å². The van der Waals surface area contributed by atoms with Crippen molar-refractivity contribution >= 4 is 11.7 Å². The van der Waals surface area contributed by atoms with Crippen LogP contribution in [0.4, 0.5) is 28.0 Å². The van der Waals surface area contributed by atoms with Crippen molar-refractivity contribution in [2.24, 2.45) is 0 Å². The fourth-order valence-electron chi connectivity index (χ4n) is 0.980. The zero-order valence-electron chi connectivity index (χ0n) is 8.56. The maximum atomic E-state index is 13.1. The Bertz CT molecular complexity index is 420. The van der Waals surface area contributed by atoms with Gasteiger partial charge in [0, 0.05) is 18.8 Å². The number of ether oxygens (including phenoxy) is 1. The Balaban J connectivity index is 2.83. The molecule has 0 atom stereocenters. The second-order valence-corrected chi connectivity index (χ2v) is 2.90. The van der Waals surface area contributed by atoms with Gasteiger partial charge in [-0.2, -0.15) is 0 Å². The molecule has 0 aliphatic rings. The van der Waals surface area contributed by atoms with Crippen LogP contribution in [-0.2, 0) is 0 Å². The Kier molecular flexibility index (Phi) is 3.77. The van der Waals surface area contributed by atoms with Gasteiger partial charge in [-0.1, -0.05) is 0 Å². The van der Waals surface area contributed by atoms with E-state index in [0.717, 1.165) is 18.2 Å². The second kappa shape index (κ2) is 4.89. The van der Waals surface area contributed by atoms with Crippen LogP contribution < -0.4 is 15.4 Å². The van der Waals surface area contributed by atoms with Gasteiger partial charge in [0.25, 0.3) is 0 Å². The number of urea groups is 1. The van der Waals surface area contributed by atoms with E-state index < -0.39 is 24.0 Å². The van der Waals surface area contributed by atoms with E-state index in [2.05, 4.69) is 15.4 Å². The van der Waals surface area contributed by atoms with Crippen LogP contribution in [0.5, 0.6) is 5.75 Å². The molecule has 4 nitrogen and oxygen atoms in total. The first-order valence-electron chi connectivity index (χ1n) is 4.36. The van der Waals surface area contributed by atoms with Crippen molar-refractivity contribution in [2.75, 3.05) is 12.4 Å². The van der Waals surface area contributed by atoms with E-state index in [9.17, 15) is 22.4 Å². The molecular weight excluding hydrogens is 244 g/mol. The number of halogens is 4. The molecule has 0 saturated heterocycles. The molecule has 0 heterocycles. The van der Waals surface area contributed by atoms with Crippen molar-refractivity contribution in [3.8, 4) is 5.75 Å². The monoisotopic (exact) mass is 252 g/mol.